The summed E-state index contributed by atoms with van der Waals surface area (Å²) in [5.74, 6) is -0.793. The number of hydrogen-bond donors (Lipinski definition) is 1. The van der Waals surface area contributed by atoms with Crippen molar-refractivity contribution >= 4 is 19.8 Å². The van der Waals surface area contributed by atoms with Crippen molar-refractivity contribution in [3.63, 3.8) is 0 Å². The topological polar surface area (TPSA) is 108 Å². The summed E-state index contributed by atoms with van der Waals surface area (Å²) in [4.78, 5) is 35.7. The molecule has 0 aromatic rings. The molecule has 0 bridgehead atoms. The molecule has 0 fully saturated rings. The fourth-order valence-electron chi connectivity index (χ4n) is 8.64. The molecule has 0 aromatic carbocycles. The third-order valence-corrected chi connectivity index (χ3v) is 14.4. The standard InChI is InChI=1S/C66H118NO8P/c1-6-8-10-12-14-16-18-20-22-24-26-27-28-29-30-31-32-33-34-35-36-37-38-39-41-43-45-47-49-51-53-55-57-59-66(69)75-64(63-74-76(70,71)73-61-60-67(3,4)5)62-72-65(68)58-56-54-52-50-48-46-44-42-40-25-23-21-19-17-15-13-11-9-7-2/h8,10,14,16,20,22,26-27,29-30,32-33,35-36,64H,6-7,9,11-13,15,17-19,21,23-25,28,31,34,37-63H2,1-5H3/p+1/b10-8-,16-14-,22-20-,27-26-,30-29-,33-32-,36-35-. The molecule has 0 aromatic heterocycles. The molecular weight excluding hydrogens is 966 g/mol. The van der Waals surface area contributed by atoms with Crippen molar-refractivity contribution in [3.05, 3.63) is 85.1 Å². The average Bonchev–Trinajstić information content (AvgIpc) is 3.38. The summed E-state index contributed by atoms with van der Waals surface area (Å²) in [6, 6.07) is 0. The number of nitrogens with zero attached hydrogens (tertiary/aromatic N) is 1. The van der Waals surface area contributed by atoms with Crippen molar-refractivity contribution in [1.82, 2.24) is 0 Å². The van der Waals surface area contributed by atoms with Gasteiger partial charge in [0.25, 0.3) is 0 Å². The second-order valence-electron chi connectivity index (χ2n) is 22.1. The number of hydrogen-bond acceptors (Lipinski definition) is 7. The van der Waals surface area contributed by atoms with Gasteiger partial charge in [0.2, 0.25) is 0 Å². The van der Waals surface area contributed by atoms with Crippen LogP contribution in [0.5, 0.6) is 0 Å². The maximum atomic E-state index is 12.8. The van der Waals surface area contributed by atoms with E-state index < -0.39 is 26.5 Å². The van der Waals surface area contributed by atoms with Crippen LogP contribution in [0.3, 0.4) is 0 Å². The Labute approximate surface area is 469 Å². The molecule has 0 radical (unpaired) electrons. The molecule has 0 spiro atoms. The lowest BCUT2D eigenvalue weighted by atomic mass is 10.0. The normalized spacial score (nSPS) is 13.8. The fourth-order valence-corrected chi connectivity index (χ4v) is 9.39. The highest BCUT2D eigenvalue weighted by Crippen LogP contribution is 2.43. The van der Waals surface area contributed by atoms with E-state index in [-0.39, 0.29) is 32.0 Å². The van der Waals surface area contributed by atoms with E-state index >= 15 is 0 Å². The number of quaternary nitrogens is 1. The smallest absolute Gasteiger partial charge is 0.462 e. The molecule has 0 amide bonds. The summed E-state index contributed by atoms with van der Waals surface area (Å²) in [5.41, 5.74) is 0. The van der Waals surface area contributed by atoms with Gasteiger partial charge in [-0.05, 0) is 70.6 Å². The summed E-state index contributed by atoms with van der Waals surface area (Å²) >= 11 is 0. The van der Waals surface area contributed by atoms with E-state index in [0.29, 0.717) is 17.4 Å². The number of likely N-dealkylation sites (N-methyl/N-ethyl adjacent to an activating group) is 1. The van der Waals surface area contributed by atoms with Gasteiger partial charge in [-0.1, -0.05) is 272 Å². The third kappa shape index (κ3) is 60.4. The maximum Gasteiger partial charge on any atom is 0.472 e. The van der Waals surface area contributed by atoms with Gasteiger partial charge in [0.1, 0.15) is 19.8 Å². The van der Waals surface area contributed by atoms with E-state index in [0.717, 1.165) is 89.9 Å². The molecule has 0 saturated heterocycles. The fraction of sp³-hybridized carbons (Fsp3) is 0.758. The minimum atomic E-state index is -4.39. The van der Waals surface area contributed by atoms with Crippen LogP contribution >= 0.6 is 7.82 Å². The highest BCUT2D eigenvalue weighted by molar-refractivity contribution is 7.47. The Kier molecular flexibility index (Phi) is 54.8. The molecule has 9 nitrogen and oxygen atoms in total. The quantitative estimate of drug-likeness (QED) is 0.0211. The number of carbonyl (C=O) groups excluding carboxylic acids is 2. The molecule has 1 N–H and O–H groups in total. The molecule has 76 heavy (non-hydrogen) atoms. The number of carbonyl (C=O) groups is 2. The van der Waals surface area contributed by atoms with Gasteiger partial charge < -0.3 is 18.9 Å². The minimum absolute atomic E-state index is 0.0297. The Morgan fingerprint density at radius 3 is 1.12 bits per heavy atom. The van der Waals surface area contributed by atoms with E-state index in [1.54, 1.807) is 0 Å². The summed E-state index contributed by atoms with van der Waals surface area (Å²) < 4.78 is 34.6. The molecule has 0 rings (SSSR count). The predicted octanol–water partition coefficient (Wildman–Crippen LogP) is 19.8. The first kappa shape index (κ1) is 73.2. The van der Waals surface area contributed by atoms with E-state index in [9.17, 15) is 19.0 Å². The first-order chi connectivity index (χ1) is 37.0. The molecule has 440 valence electrons. The Balaban J connectivity index is 4.11. The van der Waals surface area contributed by atoms with E-state index in [2.05, 4.69) is 98.9 Å². The van der Waals surface area contributed by atoms with Crippen LogP contribution in [0.15, 0.2) is 85.1 Å². The van der Waals surface area contributed by atoms with Crippen LogP contribution in [-0.4, -0.2) is 74.9 Å². The van der Waals surface area contributed by atoms with Crippen LogP contribution < -0.4 is 0 Å². The van der Waals surface area contributed by atoms with Gasteiger partial charge in [0.15, 0.2) is 6.10 Å². The average molecular weight is 1090 g/mol. The van der Waals surface area contributed by atoms with Gasteiger partial charge in [-0.15, -0.1) is 0 Å². The maximum absolute atomic E-state index is 12.8. The van der Waals surface area contributed by atoms with E-state index in [4.69, 9.17) is 18.5 Å². The van der Waals surface area contributed by atoms with Crippen LogP contribution in [0.25, 0.3) is 0 Å². The summed E-state index contributed by atoms with van der Waals surface area (Å²) in [6.07, 6.45) is 76.6. The van der Waals surface area contributed by atoms with Gasteiger partial charge in [-0.25, -0.2) is 4.57 Å². The summed E-state index contributed by atoms with van der Waals surface area (Å²) in [7, 11) is 1.48. The lowest BCUT2D eigenvalue weighted by Crippen LogP contribution is -2.37. The van der Waals surface area contributed by atoms with Crippen molar-refractivity contribution in [2.45, 2.75) is 277 Å². The summed E-state index contributed by atoms with van der Waals surface area (Å²) in [6.45, 7) is 4.34. The number of rotatable bonds is 57. The minimum Gasteiger partial charge on any atom is -0.462 e. The molecule has 0 saturated carbocycles. The van der Waals surface area contributed by atoms with Crippen molar-refractivity contribution in [2.75, 3.05) is 47.5 Å². The van der Waals surface area contributed by atoms with Gasteiger partial charge in [0, 0.05) is 12.8 Å². The number of phosphoric ester groups is 1. The number of allylic oxidation sites excluding steroid dienone is 14. The largest absolute Gasteiger partial charge is 0.472 e. The zero-order valence-corrected chi connectivity index (χ0v) is 50.9. The van der Waals surface area contributed by atoms with Crippen LogP contribution in [0, 0.1) is 0 Å². The first-order valence-corrected chi connectivity index (χ1v) is 32.8. The van der Waals surface area contributed by atoms with Crippen LogP contribution in [0.4, 0.5) is 0 Å². The molecule has 10 heteroatoms. The van der Waals surface area contributed by atoms with Gasteiger partial charge in [-0.2, -0.15) is 0 Å². The van der Waals surface area contributed by atoms with E-state index in [1.807, 2.05) is 21.1 Å². The highest BCUT2D eigenvalue weighted by atomic mass is 31.2. The zero-order chi connectivity index (χ0) is 55.6. The van der Waals surface area contributed by atoms with Crippen molar-refractivity contribution in [3.8, 4) is 0 Å². The number of esters is 2. The molecule has 0 aliphatic heterocycles. The Bertz CT molecular complexity index is 1560. The third-order valence-electron chi connectivity index (χ3n) is 13.4. The van der Waals surface area contributed by atoms with Gasteiger partial charge in [0.05, 0.1) is 27.7 Å². The molecule has 2 unspecified atom stereocenters. The van der Waals surface area contributed by atoms with Crippen molar-refractivity contribution < 1.29 is 42.1 Å². The first-order valence-electron chi connectivity index (χ1n) is 31.3. The second-order valence-corrected chi connectivity index (χ2v) is 23.5. The highest BCUT2D eigenvalue weighted by Gasteiger charge is 2.27. The van der Waals surface area contributed by atoms with Crippen LogP contribution in [0.2, 0.25) is 0 Å². The van der Waals surface area contributed by atoms with E-state index in [1.165, 1.54) is 148 Å². The zero-order valence-electron chi connectivity index (χ0n) is 50.0. The van der Waals surface area contributed by atoms with Crippen molar-refractivity contribution in [1.29, 1.82) is 0 Å². The summed E-state index contributed by atoms with van der Waals surface area (Å²) in [5, 5.41) is 0. The molecule has 2 atom stereocenters. The van der Waals surface area contributed by atoms with Crippen LogP contribution in [-0.2, 0) is 32.7 Å². The Morgan fingerprint density at radius 1 is 0.421 bits per heavy atom. The molecule has 0 aliphatic rings. The molecule has 0 heterocycles. The second kappa shape index (κ2) is 56.9. The lowest BCUT2D eigenvalue weighted by molar-refractivity contribution is -0.870. The SMILES string of the molecule is CC/C=C\C/C=C\C/C=C\C/C=C\C/C=C\C/C=C\C/C=C\CCCCCCCCCCCCCC(=O)OC(COC(=O)CCCCCCCCCCCCCCCCCCCCC)COP(=O)(O)OCC[N+](C)(C)C. The van der Waals surface area contributed by atoms with Crippen LogP contribution in [0.1, 0.15) is 271 Å². The Hall–Kier alpha value is -2.81. The lowest BCUT2D eigenvalue weighted by Gasteiger charge is -2.24. The van der Waals surface area contributed by atoms with Gasteiger partial charge in [-0.3, -0.25) is 18.6 Å². The number of ether oxygens (including phenoxy) is 2. The number of unbranched alkanes of at least 4 members (excludes halogenated alkanes) is 29. The van der Waals surface area contributed by atoms with Gasteiger partial charge >= 0.3 is 19.8 Å². The Morgan fingerprint density at radius 2 is 0.750 bits per heavy atom. The monoisotopic (exact) mass is 1080 g/mol. The molecular formula is C66H119NO8P+. The molecule has 0 aliphatic carbocycles. The number of phosphoric acid groups is 1. The predicted molar refractivity (Wildman–Crippen MR) is 325 cm³/mol. The van der Waals surface area contributed by atoms with Crippen molar-refractivity contribution in [2.24, 2.45) is 0 Å².